The summed E-state index contributed by atoms with van der Waals surface area (Å²) in [4.78, 5) is 25.6. The lowest BCUT2D eigenvalue weighted by molar-refractivity contribution is -0.115. The fourth-order valence-electron chi connectivity index (χ4n) is 3.28. The van der Waals surface area contributed by atoms with Crippen molar-refractivity contribution >= 4 is 11.6 Å². The molecule has 122 valence electrons. The van der Waals surface area contributed by atoms with E-state index in [-0.39, 0.29) is 28.4 Å². The number of aryl methyl sites for hydroxylation is 1. The van der Waals surface area contributed by atoms with Gasteiger partial charge in [-0.25, -0.2) is 0 Å². The normalized spacial score (nSPS) is 15.5. The highest BCUT2D eigenvalue weighted by atomic mass is 16.3. The minimum absolute atomic E-state index is 0.0876. The second kappa shape index (κ2) is 5.64. The number of hydrogen-bond donors (Lipinski definition) is 2. The molecule has 0 aromatic heterocycles. The number of rotatable bonds is 2. The third-order valence-corrected chi connectivity index (χ3v) is 4.16. The molecule has 0 aliphatic heterocycles. The third-order valence-electron chi connectivity index (χ3n) is 4.16. The van der Waals surface area contributed by atoms with E-state index in [0.717, 1.165) is 11.1 Å². The van der Waals surface area contributed by atoms with E-state index in [9.17, 15) is 19.8 Å². The van der Waals surface area contributed by atoms with Crippen molar-refractivity contribution in [2.45, 2.75) is 26.7 Å². The number of phenolic OH excluding ortho intramolecular Hbond substituents is 2. The van der Waals surface area contributed by atoms with Crippen molar-refractivity contribution in [2.75, 3.05) is 0 Å². The van der Waals surface area contributed by atoms with Gasteiger partial charge in [0.1, 0.15) is 11.5 Å². The molecule has 0 spiro atoms. The van der Waals surface area contributed by atoms with Gasteiger partial charge in [-0.2, -0.15) is 0 Å². The van der Waals surface area contributed by atoms with Gasteiger partial charge in [0, 0.05) is 0 Å². The first kappa shape index (κ1) is 16.0. The number of fused-ring (bicyclic) bond motifs is 2. The van der Waals surface area contributed by atoms with Crippen LogP contribution < -0.4 is 0 Å². The summed E-state index contributed by atoms with van der Waals surface area (Å²) >= 11 is 0. The third kappa shape index (κ3) is 2.40. The number of carbonyl (C=O) groups is 2. The molecule has 4 nitrogen and oxygen atoms in total. The lowest BCUT2D eigenvalue weighted by Gasteiger charge is -2.27. The molecule has 3 rings (SSSR count). The Bertz CT molecular complexity index is 902. The van der Waals surface area contributed by atoms with Crippen LogP contribution in [0.4, 0.5) is 0 Å². The molecule has 4 heteroatoms. The molecule has 0 bridgehead atoms. The minimum Gasteiger partial charge on any atom is -0.507 e. The molecule has 2 N–H and O–H groups in total. The molecule has 1 unspecified atom stereocenters. The number of aromatic hydroxyl groups is 2. The van der Waals surface area contributed by atoms with Gasteiger partial charge in [0.25, 0.3) is 0 Å². The monoisotopic (exact) mass is 322 g/mol. The van der Waals surface area contributed by atoms with Gasteiger partial charge in [0.15, 0.2) is 5.78 Å². The fraction of sp³-hybridized carbons (Fsp3) is 0.200. The molecule has 1 aliphatic rings. The Labute approximate surface area is 140 Å². The van der Waals surface area contributed by atoms with Gasteiger partial charge in [0.05, 0.1) is 17.0 Å². The van der Waals surface area contributed by atoms with Crippen molar-refractivity contribution in [1.29, 1.82) is 0 Å². The summed E-state index contributed by atoms with van der Waals surface area (Å²) in [5, 5.41) is 20.4. The molecule has 0 fully saturated rings. The van der Waals surface area contributed by atoms with Crippen LogP contribution >= 0.6 is 0 Å². The highest BCUT2D eigenvalue weighted by Crippen LogP contribution is 2.44. The summed E-state index contributed by atoms with van der Waals surface area (Å²) in [5.74, 6) is -1.71. The van der Waals surface area contributed by atoms with Crippen molar-refractivity contribution < 1.29 is 19.8 Å². The molecule has 2 aromatic carbocycles. The lowest BCUT2D eigenvalue weighted by atomic mass is 9.74. The van der Waals surface area contributed by atoms with Crippen LogP contribution in [0, 0.1) is 6.92 Å². The van der Waals surface area contributed by atoms with Crippen LogP contribution in [-0.4, -0.2) is 21.8 Å². The zero-order chi connectivity index (χ0) is 17.6. The Morgan fingerprint density at radius 1 is 1.04 bits per heavy atom. The second-order valence-electron chi connectivity index (χ2n) is 6.38. The summed E-state index contributed by atoms with van der Waals surface area (Å²) < 4.78 is 0. The molecule has 1 atom stereocenters. The summed E-state index contributed by atoms with van der Waals surface area (Å²) in [6, 6.07) is 7.95. The Kier molecular flexibility index (Phi) is 3.76. The Morgan fingerprint density at radius 2 is 1.71 bits per heavy atom. The topological polar surface area (TPSA) is 74.6 Å². The number of allylic oxidation sites excluding steroid dienone is 2. The van der Waals surface area contributed by atoms with Crippen LogP contribution in [0.3, 0.4) is 0 Å². The van der Waals surface area contributed by atoms with Crippen LogP contribution in [-0.2, 0) is 4.79 Å². The van der Waals surface area contributed by atoms with Gasteiger partial charge in [-0.15, -0.1) is 0 Å². The maximum Gasteiger partial charge on any atom is 0.201 e. The van der Waals surface area contributed by atoms with Crippen molar-refractivity contribution in [3.8, 4) is 11.5 Å². The highest BCUT2D eigenvalue weighted by Gasteiger charge is 2.37. The first-order chi connectivity index (χ1) is 11.3. The van der Waals surface area contributed by atoms with Gasteiger partial charge < -0.3 is 10.2 Å². The fourth-order valence-corrected chi connectivity index (χ4v) is 3.28. The lowest BCUT2D eigenvalue weighted by Crippen LogP contribution is -2.24. The van der Waals surface area contributed by atoms with Crippen LogP contribution in [0.5, 0.6) is 11.5 Å². The minimum atomic E-state index is -0.722. The Morgan fingerprint density at radius 3 is 2.38 bits per heavy atom. The average Bonchev–Trinajstić information content (AvgIpc) is 2.45. The summed E-state index contributed by atoms with van der Waals surface area (Å²) in [7, 11) is 0. The van der Waals surface area contributed by atoms with Crippen LogP contribution in [0.25, 0.3) is 0 Å². The summed E-state index contributed by atoms with van der Waals surface area (Å²) in [6.07, 6.45) is 1.53. The van der Waals surface area contributed by atoms with Crippen molar-refractivity contribution in [3.63, 3.8) is 0 Å². The van der Waals surface area contributed by atoms with Gasteiger partial charge in [0.2, 0.25) is 5.78 Å². The molecule has 2 aromatic rings. The zero-order valence-corrected chi connectivity index (χ0v) is 13.8. The number of hydrogen-bond acceptors (Lipinski definition) is 4. The number of phenols is 2. The average molecular weight is 322 g/mol. The van der Waals surface area contributed by atoms with E-state index in [4.69, 9.17) is 0 Å². The molecule has 0 radical (unpaired) electrons. The predicted molar refractivity (Wildman–Crippen MR) is 90.7 cm³/mol. The SMILES string of the molecule is CC(C)=CC(=O)C1c2cccc(O)c2C(=O)c2c(O)cc(C)cc21. The van der Waals surface area contributed by atoms with E-state index in [1.807, 2.05) is 13.8 Å². The Hall–Kier alpha value is -2.88. The van der Waals surface area contributed by atoms with E-state index >= 15 is 0 Å². The molecule has 0 heterocycles. The van der Waals surface area contributed by atoms with E-state index in [1.165, 1.54) is 18.2 Å². The maximum atomic E-state index is 12.8. The van der Waals surface area contributed by atoms with Gasteiger partial charge in [-0.05, 0) is 55.7 Å². The molecule has 1 aliphatic carbocycles. The number of benzene rings is 2. The number of ketones is 2. The van der Waals surface area contributed by atoms with Crippen molar-refractivity contribution in [3.05, 3.63) is 69.8 Å². The zero-order valence-electron chi connectivity index (χ0n) is 13.8. The summed E-state index contributed by atoms with van der Waals surface area (Å²) in [5.41, 5.74) is 2.74. The van der Waals surface area contributed by atoms with E-state index in [2.05, 4.69) is 0 Å². The molecule has 0 saturated heterocycles. The Balaban J connectivity index is 2.37. The smallest absolute Gasteiger partial charge is 0.201 e. The number of carbonyl (C=O) groups excluding carboxylic acids is 2. The molecule has 0 amide bonds. The maximum absolute atomic E-state index is 12.8. The first-order valence-electron chi connectivity index (χ1n) is 7.70. The predicted octanol–water partition coefficient (Wildman–Crippen LogP) is 3.62. The van der Waals surface area contributed by atoms with E-state index in [0.29, 0.717) is 11.1 Å². The molecular weight excluding hydrogens is 304 g/mol. The van der Waals surface area contributed by atoms with E-state index in [1.54, 1.807) is 25.1 Å². The van der Waals surface area contributed by atoms with E-state index < -0.39 is 11.7 Å². The first-order valence-corrected chi connectivity index (χ1v) is 7.70. The molecule has 0 saturated carbocycles. The van der Waals surface area contributed by atoms with Gasteiger partial charge >= 0.3 is 0 Å². The van der Waals surface area contributed by atoms with Gasteiger partial charge in [-0.3, -0.25) is 9.59 Å². The van der Waals surface area contributed by atoms with Crippen LogP contribution in [0.2, 0.25) is 0 Å². The van der Waals surface area contributed by atoms with Crippen molar-refractivity contribution in [2.24, 2.45) is 0 Å². The standard InChI is InChI=1S/C20H18O4/c1-10(2)7-15(22)17-12-5-4-6-14(21)18(12)20(24)19-13(17)8-11(3)9-16(19)23/h4-9,17,21,23H,1-3H3. The quantitative estimate of drug-likeness (QED) is 0.828. The molecular formula is C20H18O4. The molecule has 24 heavy (non-hydrogen) atoms. The van der Waals surface area contributed by atoms with Gasteiger partial charge in [-0.1, -0.05) is 23.8 Å². The highest BCUT2D eigenvalue weighted by molar-refractivity contribution is 6.18. The van der Waals surface area contributed by atoms with Crippen LogP contribution in [0.15, 0.2) is 42.0 Å². The summed E-state index contributed by atoms with van der Waals surface area (Å²) in [6.45, 7) is 5.44. The van der Waals surface area contributed by atoms with Crippen molar-refractivity contribution in [1.82, 2.24) is 0 Å². The van der Waals surface area contributed by atoms with Crippen LogP contribution in [0.1, 0.15) is 52.4 Å². The second-order valence-corrected chi connectivity index (χ2v) is 6.38. The largest absolute Gasteiger partial charge is 0.507 e.